The van der Waals surface area contributed by atoms with Crippen molar-refractivity contribution in [2.75, 3.05) is 13.7 Å². The third-order valence-electron chi connectivity index (χ3n) is 3.09. The van der Waals surface area contributed by atoms with Crippen molar-refractivity contribution >= 4 is 5.97 Å². The predicted molar refractivity (Wildman–Crippen MR) is 62.1 cm³/mol. The van der Waals surface area contributed by atoms with Gasteiger partial charge in [0.25, 0.3) is 0 Å². The molecule has 0 aromatic heterocycles. The van der Waals surface area contributed by atoms with E-state index in [-0.39, 0.29) is 18.6 Å². The summed E-state index contributed by atoms with van der Waals surface area (Å²) in [7, 11) is 1.57. The Hall–Kier alpha value is -0.610. The minimum absolute atomic E-state index is 0.194. The largest absolute Gasteiger partial charge is 0.464 e. The van der Waals surface area contributed by atoms with Crippen LogP contribution in [-0.2, 0) is 14.3 Å². The Balaban J connectivity index is 4.85. The molecule has 16 heavy (non-hydrogen) atoms. The van der Waals surface area contributed by atoms with E-state index in [1.807, 2.05) is 13.8 Å². The second-order valence-electron chi connectivity index (χ2n) is 4.12. The summed E-state index contributed by atoms with van der Waals surface area (Å²) in [6.07, 6.45) is 0.914. The monoisotopic (exact) mass is 232 g/mol. The highest BCUT2D eigenvalue weighted by Crippen LogP contribution is 2.28. The van der Waals surface area contributed by atoms with Crippen LogP contribution >= 0.6 is 0 Å². The maximum absolute atomic E-state index is 11.8. The molecule has 4 heteroatoms. The fourth-order valence-corrected chi connectivity index (χ4v) is 1.75. The van der Waals surface area contributed by atoms with Gasteiger partial charge in [0.2, 0.25) is 0 Å². The van der Waals surface area contributed by atoms with Crippen molar-refractivity contribution in [2.45, 2.75) is 52.2 Å². The molecule has 0 spiro atoms. The molecule has 0 aromatic carbocycles. The maximum Gasteiger partial charge on any atom is 0.338 e. The first-order valence-corrected chi connectivity index (χ1v) is 5.86. The number of hydrogen-bond donors (Lipinski definition) is 1. The number of carbonyl (C=O) groups excluding carboxylic acids is 1. The molecule has 0 aliphatic heterocycles. The first-order valence-electron chi connectivity index (χ1n) is 5.86. The van der Waals surface area contributed by atoms with Crippen LogP contribution in [0.5, 0.6) is 0 Å². The lowest BCUT2D eigenvalue weighted by atomic mass is 9.81. The highest BCUT2D eigenvalue weighted by molar-refractivity contribution is 5.79. The average Bonchev–Trinajstić information content (AvgIpc) is 2.27. The number of esters is 1. The van der Waals surface area contributed by atoms with E-state index < -0.39 is 11.6 Å². The summed E-state index contributed by atoms with van der Waals surface area (Å²) in [5, 5.41) is 10.4. The molecular weight excluding hydrogens is 208 g/mol. The average molecular weight is 232 g/mol. The third-order valence-corrected chi connectivity index (χ3v) is 3.09. The maximum atomic E-state index is 11.8. The van der Waals surface area contributed by atoms with Crippen LogP contribution in [0.2, 0.25) is 0 Å². The first kappa shape index (κ1) is 15.4. The Kier molecular flexibility index (Phi) is 6.60. The summed E-state index contributed by atoms with van der Waals surface area (Å²) in [4.78, 5) is 11.8. The summed E-state index contributed by atoms with van der Waals surface area (Å²) >= 11 is 0. The summed E-state index contributed by atoms with van der Waals surface area (Å²) < 4.78 is 10.1. The molecule has 1 N–H and O–H groups in total. The van der Waals surface area contributed by atoms with E-state index in [1.54, 1.807) is 21.0 Å². The number of methoxy groups -OCH3 is 1. The van der Waals surface area contributed by atoms with E-state index in [4.69, 9.17) is 9.47 Å². The molecule has 3 unspecified atom stereocenters. The summed E-state index contributed by atoms with van der Waals surface area (Å²) in [6, 6.07) is 0. The molecule has 0 aliphatic carbocycles. The Morgan fingerprint density at radius 3 is 2.31 bits per heavy atom. The molecule has 0 bridgehead atoms. The van der Waals surface area contributed by atoms with Gasteiger partial charge in [-0.05, 0) is 20.3 Å². The van der Waals surface area contributed by atoms with E-state index in [0.717, 1.165) is 6.42 Å². The van der Waals surface area contributed by atoms with Crippen molar-refractivity contribution in [3.63, 3.8) is 0 Å². The van der Waals surface area contributed by atoms with Gasteiger partial charge in [-0.3, -0.25) is 0 Å². The molecule has 0 saturated heterocycles. The second kappa shape index (κ2) is 6.86. The molecule has 96 valence electrons. The Morgan fingerprint density at radius 1 is 1.38 bits per heavy atom. The molecule has 0 rings (SSSR count). The van der Waals surface area contributed by atoms with Gasteiger partial charge in [0.1, 0.15) is 0 Å². The van der Waals surface area contributed by atoms with Gasteiger partial charge in [0, 0.05) is 13.0 Å². The van der Waals surface area contributed by atoms with Gasteiger partial charge in [-0.1, -0.05) is 20.3 Å². The van der Waals surface area contributed by atoms with Crippen LogP contribution in [0, 0.1) is 5.92 Å². The molecule has 0 radical (unpaired) electrons. The van der Waals surface area contributed by atoms with Gasteiger partial charge in [0.05, 0.1) is 12.7 Å². The van der Waals surface area contributed by atoms with Gasteiger partial charge in [-0.15, -0.1) is 0 Å². The number of hydrogen-bond acceptors (Lipinski definition) is 4. The SMILES string of the molecule is CCCC(O)(C(=O)OCC)C(C)C(C)OC. The van der Waals surface area contributed by atoms with Gasteiger partial charge in [0.15, 0.2) is 5.60 Å². The molecular formula is C12H24O4. The molecule has 0 aromatic rings. The molecule has 0 aliphatic rings. The molecule has 0 fully saturated rings. The van der Waals surface area contributed by atoms with Crippen LogP contribution in [0.15, 0.2) is 0 Å². The van der Waals surface area contributed by atoms with E-state index in [1.165, 1.54) is 0 Å². The van der Waals surface area contributed by atoms with Crippen molar-refractivity contribution in [3.8, 4) is 0 Å². The van der Waals surface area contributed by atoms with Crippen LogP contribution in [0.3, 0.4) is 0 Å². The summed E-state index contributed by atoms with van der Waals surface area (Å²) in [5.74, 6) is -0.843. The normalized spacial score (nSPS) is 18.6. The topological polar surface area (TPSA) is 55.8 Å². The van der Waals surface area contributed by atoms with Crippen molar-refractivity contribution < 1.29 is 19.4 Å². The summed E-state index contributed by atoms with van der Waals surface area (Å²) in [6.45, 7) is 7.58. The zero-order chi connectivity index (χ0) is 12.8. The fourth-order valence-electron chi connectivity index (χ4n) is 1.75. The lowest BCUT2D eigenvalue weighted by Gasteiger charge is -2.34. The van der Waals surface area contributed by atoms with Gasteiger partial charge in [-0.25, -0.2) is 4.79 Å². The van der Waals surface area contributed by atoms with Crippen LogP contribution in [0.4, 0.5) is 0 Å². The van der Waals surface area contributed by atoms with Gasteiger partial charge < -0.3 is 14.6 Å². The lowest BCUT2D eigenvalue weighted by molar-refractivity contribution is -0.177. The van der Waals surface area contributed by atoms with E-state index >= 15 is 0 Å². The van der Waals surface area contributed by atoms with Crippen molar-refractivity contribution in [2.24, 2.45) is 5.92 Å². The van der Waals surface area contributed by atoms with Gasteiger partial charge in [-0.2, -0.15) is 0 Å². The van der Waals surface area contributed by atoms with Crippen LogP contribution in [-0.4, -0.2) is 36.5 Å². The Bertz CT molecular complexity index is 217. The van der Waals surface area contributed by atoms with Crippen molar-refractivity contribution in [3.05, 3.63) is 0 Å². The Morgan fingerprint density at radius 2 is 1.94 bits per heavy atom. The number of rotatable bonds is 7. The molecule has 0 saturated carbocycles. The summed E-state index contributed by atoms with van der Waals surface area (Å²) in [5.41, 5.74) is -1.44. The standard InChI is InChI=1S/C12H24O4/c1-6-8-12(14,11(13)16-7-2)9(3)10(4)15-5/h9-10,14H,6-8H2,1-5H3. The van der Waals surface area contributed by atoms with Crippen molar-refractivity contribution in [1.29, 1.82) is 0 Å². The minimum Gasteiger partial charge on any atom is -0.464 e. The van der Waals surface area contributed by atoms with E-state index in [2.05, 4.69) is 0 Å². The number of aliphatic hydroxyl groups is 1. The second-order valence-corrected chi connectivity index (χ2v) is 4.12. The lowest BCUT2D eigenvalue weighted by Crippen LogP contribution is -2.50. The zero-order valence-electron chi connectivity index (χ0n) is 10.9. The molecule has 0 heterocycles. The van der Waals surface area contributed by atoms with Crippen molar-refractivity contribution in [1.82, 2.24) is 0 Å². The molecule has 3 atom stereocenters. The smallest absolute Gasteiger partial charge is 0.338 e. The number of ether oxygens (including phenoxy) is 2. The highest BCUT2D eigenvalue weighted by atomic mass is 16.5. The Labute approximate surface area is 97.9 Å². The minimum atomic E-state index is -1.44. The zero-order valence-corrected chi connectivity index (χ0v) is 10.9. The van der Waals surface area contributed by atoms with Gasteiger partial charge >= 0.3 is 5.97 Å². The van der Waals surface area contributed by atoms with Crippen LogP contribution < -0.4 is 0 Å². The van der Waals surface area contributed by atoms with Crippen LogP contribution in [0.1, 0.15) is 40.5 Å². The molecule has 4 nitrogen and oxygen atoms in total. The van der Waals surface area contributed by atoms with Crippen LogP contribution in [0.25, 0.3) is 0 Å². The number of carbonyl (C=O) groups is 1. The quantitative estimate of drug-likeness (QED) is 0.679. The third kappa shape index (κ3) is 3.46. The molecule has 0 amide bonds. The first-order chi connectivity index (χ1) is 7.43. The highest BCUT2D eigenvalue weighted by Gasteiger charge is 2.44. The van der Waals surface area contributed by atoms with E-state index in [9.17, 15) is 9.90 Å². The predicted octanol–water partition coefficient (Wildman–Crippen LogP) is 1.75. The van der Waals surface area contributed by atoms with E-state index in [0.29, 0.717) is 6.42 Å². The fraction of sp³-hybridized carbons (Fsp3) is 0.917.